The van der Waals surface area contributed by atoms with Gasteiger partial charge in [0.1, 0.15) is 5.75 Å². The molecule has 0 radical (unpaired) electrons. The van der Waals surface area contributed by atoms with Crippen LogP contribution in [0.2, 0.25) is 0 Å². The number of nitro benzene ring substituents is 1. The van der Waals surface area contributed by atoms with Gasteiger partial charge in [-0.1, -0.05) is 19.4 Å². The molecule has 0 unspecified atom stereocenters. The van der Waals surface area contributed by atoms with Gasteiger partial charge in [0.05, 0.1) is 15.6 Å². The smallest absolute Gasteiger partial charge is 0.311 e. The first-order valence-electron chi connectivity index (χ1n) is 8.11. The molecule has 1 amide bonds. The number of carbonyl (C=O) groups is 1. The SMILES string of the molecule is CCCc1ccc(OCC(=O)N/N=C/c2ccc(O)c([N+](=O)[O-])c2)c(Br)c1. The van der Waals surface area contributed by atoms with Gasteiger partial charge in [0.15, 0.2) is 12.4 Å². The highest BCUT2D eigenvalue weighted by Crippen LogP contribution is 2.27. The Morgan fingerprint density at radius 3 is 2.81 bits per heavy atom. The first-order valence-corrected chi connectivity index (χ1v) is 8.90. The van der Waals surface area contributed by atoms with E-state index >= 15 is 0 Å². The van der Waals surface area contributed by atoms with E-state index in [-0.39, 0.29) is 6.61 Å². The van der Waals surface area contributed by atoms with Crippen LogP contribution in [0.3, 0.4) is 0 Å². The minimum absolute atomic E-state index is 0.237. The highest BCUT2D eigenvalue weighted by molar-refractivity contribution is 9.10. The average molecular weight is 436 g/mol. The number of carbonyl (C=O) groups excluding carboxylic acids is 1. The second-order valence-corrected chi connectivity index (χ2v) is 6.46. The maximum Gasteiger partial charge on any atom is 0.311 e. The molecule has 0 aliphatic carbocycles. The second kappa shape index (κ2) is 9.67. The van der Waals surface area contributed by atoms with Crippen LogP contribution in [0.4, 0.5) is 5.69 Å². The van der Waals surface area contributed by atoms with E-state index in [1.54, 1.807) is 6.07 Å². The number of aryl methyl sites for hydroxylation is 1. The van der Waals surface area contributed by atoms with Gasteiger partial charge in [0, 0.05) is 11.6 Å². The Morgan fingerprint density at radius 2 is 2.15 bits per heavy atom. The molecule has 0 saturated carbocycles. The summed E-state index contributed by atoms with van der Waals surface area (Å²) in [6.07, 6.45) is 3.24. The Morgan fingerprint density at radius 1 is 1.37 bits per heavy atom. The number of phenolic OH excluding ortho intramolecular Hbond substituents is 1. The first-order chi connectivity index (χ1) is 12.9. The normalized spacial score (nSPS) is 10.7. The third kappa shape index (κ3) is 6.07. The molecule has 0 saturated heterocycles. The number of halogens is 1. The molecule has 0 aromatic heterocycles. The zero-order chi connectivity index (χ0) is 19.8. The summed E-state index contributed by atoms with van der Waals surface area (Å²) < 4.78 is 6.21. The summed E-state index contributed by atoms with van der Waals surface area (Å²) in [5.74, 6) is -0.377. The van der Waals surface area contributed by atoms with E-state index in [0.717, 1.165) is 23.4 Å². The Labute approximate surface area is 164 Å². The van der Waals surface area contributed by atoms with Crippen molar-refractivity contribution in [3.63, 3.8) is 0 Å². The van der Waals surface area contributed by atoms with Gasteiger partial charge in [-0.3, -0.25) is 14.9 Å². The van der Waals surface area contributed by atoms with E-state index in [9.17, 15) is 20.0 Å². The molecule has 2 N–H and O–H groups in total. The van der Waals surface area contributed by atoms with E-state index in [1.165, 1.54) is 23.9 Å². The Bertz CT molecular complexity index is 870. The molecule has 2 aromatic rings. The van der Waals surface area contributed by atoms with Crippen molar-refractivity contribution in [3.8, 4) is 11.5 Å². The van der Waals surface area contributed by atoms with E-state index in [2.05, 4.69) is 33.4 Å². The van der Waals surface area contributed by atoms with Gasteiger partial charge >= 0.3 is 5.69 Å². The lowest BCUT2D eigenvalue weighted by molar-refractivity contribution is -0.385. The highest BCUT2D eigenvalue weighted by Gasteiger charge is 2.12. The van der Waals surface area contributed by atoms with E-state index in [0.29, 0.717) is 11.3 Å². The lowest BCUT2D eigenvalue weighted by Gasteiger charge is -2.08. The van der Waals surface area contributed by atoms with E-state index in [1.807, 2.05) is 12.1 Å². The van der Waals surface area contributed by atoms with Crippen molar-refractivity contribution >= 4 is 33.7 Å². The van der Waals surface area contributed by atoms with Crippen molar-refractivity contribution in [1.29, 1.82) is 0 Å². The maximum atomic E-state index is 11.8. The molecule has 2 rings (SSSR count). The molecule has 9 heteroatoms. The van der Waals surface area contributed by atoms with E-state index < -0.39 is 22.3 Å². The summed E-state index contributed by atoms with van der Waals surface area (Å²) >= 11 is 3.41. The largest absolute Gasteiger partial charge is 0.502 e. The molecule has 27 heavy (non-hydrogen) atoms. The van der Waals surface area contributed by atoms with Crippen LogP contribution in [-0.4, -0.2) is 28.8 Å². The van der Waals surface area contributed by atoms with Crippen molar-refractivity contribution < 1.29 is 19.6 Å². The zero-order valence-corrected chi connectivity index (χ0v) is 16.1. The van der Waals surface area contributed by atoms with Crippen LogP contribution in [-0.2, 0) is 11.2 Å². The number of nitrogens with zero attached hydrogens (tertiary/aromatic N) is 2. The van der Waals surface area contributed by atoms with Crippen LogP contribution in [0, 0.1) is 10.1 Å². The third-order valence-electron chi connectivity index (χ3n) is 3.49. The fourth-order valence-electron chi connectivity index (χ4n) is 2.23. The molecule has 8 nitrogen and oxygen atoms in total. The summed E-state index contributed by atoms with van der Waals surface area (Å²) in [6.45, 7) is 1.86. The minimum atomic E-state index is -0.706. The molecule has 0 spiro atoms. The first kappa shape index (κ1) is 20.4. The monoisotopic (exact) mass is 435 g/mol. The van der Waals surface area contributed by atoms with Crippen LogP contribution in [0.15, 0.2) is 46.0 Å². The number of aromatic hydroxyl groups is 1. The van der Waals surface area contributed by atoms with Crippen molar-refractivity contribution in [3.05, 3.63) is 62.1 Å². The van der Waals surface area contributed by atoms with Crippen molar-refractivity contribution in [2.24, 2.45) is 5.10 Å². The predicted octanol–water partition coefficient (Wildman–Crippen LogP) is 3.54. The molecule has 0 fully saturated rings. The molecular weight excluding hydrogens is 418 g/mol. The van der Waals surface area contributed by atoms with Crippen LogP contribution in [0.5, 0.6) is 11.5 Å². The quantitative estimate of drug-likeness (QED) is 0.373. The topological polar surface area (TPSA) is 114 Å². The number of nitro groups is 1. The lowest BCUT2D eigenvalue weighted by atomic mass is 10.1. The molecule has 0 aliphatic heterocycles. The predicted molar refractivity (Wildman–Crippen MR) is 104 cm³/mol. The minimum Gasteiger partial charge on any atom is -0.502 e. The molecular formula is C18H18BrN3O5. The Hall–Kier alpha value is -2.94. The number of nitrogens with one attached hydrogen (secondary N) is 1. The maximum absolute atomic E-state index is 11.8. The van der Waals surface area contributed by atoms with Crippen LogP contribution >= 0.6 is 15.9 Å². The van der Waals surface area contributed by atoms with Gasteiger partial charge in [-0.25, -0.2) is 5.43 Å². The number of hydrogen-bond acceptors (Lipinski definition) is 6. The standard InChI is InChI=1S/C18H18BrN3O5/c1-2-3-12-5-7-17(14(19)8-12)27-11-18(24)21-20-10-13-4-6-16(23)15(9-13)22(25)26/h4-10,23H,2-3,11H2,1H3,(H,21,24)/b20-10+. The Kier molecular flexibility index (Phi) is 7.30. The third-order valence-corrected chi connectivity index (χ3v) is 4.11. The number of ether oxygens (including phenoxy) is 1. The van der Waals surface area contributed by atoms with Gasteiger partial charge in [-0.05, 0) is 52.2 Å². The van der Waals surface area contributed by atoms with Gasteiger partial charge in [0.25, 0.3) is 5.91 Å². The Balaban J connectivity index is 1.88. The summed E-state index contributed by atoms with van der Waals surface area (Å²) in [5, 5.41) is 23.9. The number of rotatable bonds is 8. The second-order valence-electron chi connectivity index (χ2n) is 5.60. The fraction of sp³-hybridized carbons (Fsp3) is 0.222. The van der Waals surface area contributed by atoms with Crippen molar-refractivity contribution in [2.45, 2.75) is 19.8 Å². The van der Waals surface area contributed by atoms with Crippen molar-refractivity contribution in [1.82, 2.24) is 5.43 Å². The molecule has 0 heterocycles. The van der Waals surface area contributed by atoms with Gasteiger partial charge in [0.2, 0.25) is 0 Å². The molecule has 0 atom stereocenters. The van der Waals surface area contributed by atoms with E-state index in [4.69, 9.17) is 4.74 Å². The molecule has 2 aromatic carbocycles. The average Bonchev–Trinajstić information content (AvgIpc) is 2.62. The van der Waals surface area contributed by atoms with Gasteiger partial charge in [-0.2, -0.15) is 5.10 Å². The van der Waals surface area contributed by atoms with Gasteiger partial charge in [-0.15, -0.1) is 0 Å². The van der Waals surface area contributed by atoms with Crippen LogP contribution < -0.4 is 10.2 Å². The summed E-state index contributed by atoms with van der Waals surface area (Å²) in [7, 11) is 0. The number of hydrazone groups is 1. The van der Waals surface area contributed by atoms with Crippen LogP contribution in [0.1, 0.15) is 24.5 Å². The number of benzene rings is 2. The number of hydrogen-bond donors (Lipinski definition) is 2. The number of amides is 1. The molecule has 0 aliphatic rings. The highest BCUT2D eigenvalue weighted by atomic mass is 79.9. The summed E-state index contributed by atoms with van der Waals surface area (Å²) in [4.78, 5) is 21.9. The zero-order valence-electron chi connectivity index (χ0n) is 14.5. The fourth-order valence-corrected chi connectivity index (χ4v) is 2.77. The lowest BCUT2D eigenvalue weighted by Crippen LogP contribution is -2.24. The van der Waals surface area contributed by atoms with Crippen molar-refractivity contribution in [2.75, 3.05) is 6.61 Å². The van der Waals surface area contributed by atoms with Crippen LogP contribution in [0.25, 0.3) is 0 Å². The molecule has 0 bridgehead atoms. The number of phenols is 1. The molecule has 142 valence electrons. The summed E-state index contributed by atoms with van der Waals surface area (Å²) in [6, 6.07) is 9.45. The van der Waals surface area contributed by atoms with Gasteiger partial charge < -0.3 is 9.84 Å². The summed E-state index contributed by atoms with van der Waals surface area (Å²) in [5.41, 5.74) is 3.37.